The van der Waals surface area contributed by atoms with E-state index in [0.29, 0.717) is 24.7 Å². The van der Waals surface area contributed by atoms with Gasteiger partial charge in [0.15, 0.2) is 0 Å². The molecule has 0 bridgehead atoms. The van der Waals surface area contributed by atoms with E-state index >= 15 is 0 Å². The zero-order valence-electron chi connectivity index (χ0n) is 14.1. The molecule has 0 spiro atoms. The molecule has 0 unspecified atom stereocenters. The van der Waals surface area contributed by atoms with E-state index in [-0.39, 0.29) is 5.91 Å². The molecular formula is C18H19N5O2. The number of fused-ring (bicyclic) bond motifs is 1. The normalized spacial score (nSPS) is 10.5. The van der Waals surface area contributed by atoms with Gasteiger partial charge in [0, 0.05) is 25.7 Å². The molecule has 0 aliphatic carbocycles. The first-order valence-corrected chi connectivity index (χ1v) is 7.89. The van der Waals surface area contributed by atoms with Crippen molar-refractivity contribution in [3.05, 3.63) is 54.6 Å². The molecule has 25 heavy (non-hydrogen) atoms. The standard InChI is InChI=1S/C18H19N5O2/c1-23(2)18(24)14-11-19-12-16(22-14)20-9-10-25-15-7-3-5-13-6-4-8-21-17(13)15/h3-8,11-12H,9-10H2,1-2H3,(H,20,22). The summed E-state index contributed by atoms with van der Waals surface area (Å²) in [5.74, 6) is 1.09. The lowest BCUT2D eigenvalue weighted by molar-refractivity contribution is 0.0821. The number of pyridine rings is 1. The van der Waals surface area contributed by atoms with Crippen LogP contribution in [0, 0.1) is 0 Å². The van der Waals surface area contributed by atoms with Crippen molar-refractivity contribution in [3.63, 3.8) is 0 Å². The number of para-hydroxylation sites is 1. The SMILES string of the molecule is CN(C)C(=O)c1cncc(NCCOc2cccc3cccnc23)n1. The highest BCUT2D eigenvalue weighted by atomic mass is 16.5. The van der Waals surface area contributed by atoms with Crippen LogP contribution in [-0.4, -0.2) is 53.0 Å². The number of anilines is 1. The van der Waals surface area contributed by atoms with Crippen molar-refractivity contribution >= 4 is 22.6 Å². The highest BCUT2D eigenvalue weighted by molar-refractivity contribution is 5.91. The Labute approximate surface area is 145 Å². The van der Waals surface area contributed by atoms with Crippen LogP contribution in [0.25, 0.3) is 10.9 Å². The van der Waals surface area contributed by atoms with E-state index in [1.54, 1.807) is 26.5 Å². The highest BCUT2D eigenvalue weighted by Crippen LogP contribution is 2.22. The number of rotatable bonds is 6. The van der Waals surface area contributed by atoms with Gasteiger partial charge in [-0.05, 0) is 12.1 Å². The Morgan fingerprint density at radius 3 is 2.88 bits per heavy atom. The Hall–Kier alpha value is -3.22. The Morgan fingerprint density at radius 1 is 1.20 bits per heavy atom. The molecule has 128 valence electrons. The molecule has 7 nitrogen and oxygen atoms in total. The van der Waals surface area contributed by atoms with Gasteiger partial charge in [-0.25, -0.2) is 4.98 Å². The minimum absolute atomic E-state index is 0.186. The summed E-state index contributed by atoms with van der Waals surface area (Å²) < 4.78 is 5.81. The van der Waals surface area contributed by atoms with E-state index in [0.717, 1.165) is 16.7 Å². The zero-order chi connectivity index (χ0) is 17.6. The number of nitrogens with one attached hydrogen (secondary N) is 1. The number of amides is 1. The third-order valence-electron chi connectivity index (χ3n) is 3.52. The van der Waals surface area contributed by atoms with Crippen LogP contribution in [0.3, 0.4) is 0 Å². The fraction of sp³-hybridized carbons (Fsp3) is 0.222. The fourth-order valence-electron chi connectivity index (χ4n) is 2.32. The maximum Gasteiger partial charge on any atom is 0.273 e. The number of nitrogens with zero attached hydrogens (tertiary/aromatic N) is 4. The Bertz CT molecular complexity index is 877. The molecule has 3 aromatic rings. The van der Waals surface area contributed by atoms with Gasteiger partial charge in [0.1, 0.15) is 29.4 Å². The van der Waals surface area contributed by atoms with Crippen LogP contribution in [-0.2, 0) is 0 Å². The van der Waals surface area contributed by atoms with Gasteiger partial charge in [0.25, 0.3) is 5.91 Å². The third-order valence-corrected chi connectivity index (χ3v) is 3.52. The maximum atomic E-state index is 11.9. The summed E-state index contributed by atoms with van der Waals surface area (Å²) in [5, 5.41) is 4.14. The van der Waals surface area contributed by atoms with Crippen LogP contribution < -0.4 is 10.1 Å². The predicted octanol–water partition coefficient (Wildman–Crippen LogP) is 2.22. The van der Waals surface area contributed by atoms with E-state index in [1.807, 2.05) is 30.3 Å². The molecule has 1 N–H and O–H groups in total. The average molecular weight is 337 g/mol. The van der Waals surface area contributed by atoms with Crippen LogP contribution in [0.5, 0.6) is 5.75 Å². The van der Waals surface area contributed by atoms with Gasteiger partial charge in [-0.2, -0.15) is 0 Å². The molecule has 0 saturated carbocycles. The lowest BCUT2D eigenvalue weighted by atomic mass is 10.2. The van der Waals surface area contributed by atoms with Gasteiger partial charge < -0.3 is 15.0 Å². The molecule has 2 aromatic heterocycles. The molecule has 3 rings (SSSR count). The number of aromatic nitrogens is 3. The molecular weight excluding hydrogens is 318 g/mol. The Kier molecular flexibility index (Phi) is 5.03. The monoisotopic (exact) mass is 337 g/mol. The summed E-state index contributed by atoms with van der Waals surface area (Å²) in [7, 11) is 3.35. The van der Waals surface area contributed by atoms with E-state index in [2.05, 4.69) is 20.3 Å². The highest BCUT2D eigenvalue weighted by Gasteiger charge is 2.10. The molecule has 1 aromatic carbocycles. The summed E-state index contributed by atoms with van der Waals surface area (Å²) in [5.41, 5.74) is 1.14. The lowest BCUT2D eigenvalue weighted by Crippen LogP contribution is -2.23. The second-order valence-corrected chi connectivity index (χ2v) is 5.60. The fourth-order valence-corrected chi connectivity index (χ4v) is 2.32. The lowest BCUT2D eigenvalue weighted by Gasteiger charge is -2.11. The largest absolute Gasteiger partial charge is 0.489 e. The molecule has 2 heterocycles. The van der Waals surface area contributed by atoms with Crippen molar-refractivity contribution in [1.29, 1.82) is 0 Å². The summed E-state index contributed by atoms with van der Waals surface area (Å²) in [4.78, 5) is 26.0. The second kappa shape index (κ2) is 7.57. The van der Waals surface area contributed by atoms with Crippen molar-refractivity contribution in [2.45, 2.75) is 0 Å². The first-order valence-electron chi connectivity index (χ1n) is 7.89. The van der Waals surface area contributed by atoms with Gasteiger partial charge >= 0.3 is 0 Å². The first kappa shape index (κ1) is 16.6. The van der Waals surface area contributed by atoms with Crippen molar-refractivity contribution < 1.29 is 9.53 Å². The molecule has 0 radical (unpaired) electrons. The molecule has 7 heteroatoms. The smallest absolute Gasteiger partial charge is 0.273 e. The maximum absolute atomic E-state index is 11.9. The summed E-state index contributed by atoms with van der Waals surface area (Å²) in [6, 6.07) is 9.72. The van der Waals surface area contributed by atoms with E-state index < -0.39 is 0 Å². The average Bonchev–Trinajstić information content (AvgIpc) is 2.65. The Balaban J connectivity index is 1.58. The second-order valence-electron chi connectivity index (χ2n) is 5.60. The van der Waals surface area contributed by atoms with Crippen molar-refractivity contribution in [1.82, 2.24) is 19.9 Å². The number of benzene rings is 1. The van der Waals surface area contributed by atoms with Gasteiger partial charge in [-0.15, -0.1) is 0 Å². The van der Waals surface area contributed by atoms with Gasteiger partial charge in [-0.1, -0.05) is 18.2 Å². The van der Waals surface area contributed by atoms with Crippen LogP contribution in [0.15, 0.2) is 48.9 Å². The summed E-state index contributed by atoms with van der Waals surface area (Å²) in [6.45, 7) is 0.959. The number of hydrogen-bond acceptors (Lipinski definition) is 6. The minimum Gasteiger partial charge on any atom is -0.489 e. The van der Waals surface area contributed by atoms with Gasteiger partial charge in [0.2, 0.25) is 0 Å². The predicted molar refractivity (Wildman–Crippen MR) is 95.8 cm³/mol. The molecule has 0 saturated heterocycles. The molecule has 0 fully saturated rings. The minimum atomic E-state index is -0.186. The van der Waals surface area contributed by atoms with Gasteiger partial charge in [0.05, 0.1) is 18.9 Å². The third kappa shape index (κ3) is 4.00. The number of ether oxygens (including phenoxy) is 1. The molecule has 0 aliphatic rings. The molecule has 1 amide bonds. The number of hydrogen-bond donors (Lipinski definition) is 1. The molecule has 0 aliphatic heterocycles. The van der Waals surface area contributed by atoms with Gasteiger partial charge in [-0.3, -0.25) is 14.8 Å². The van der Waals surface area contributed by atoms with Crippen molar-refractivity contribution in [3.8, 4) is 5.75 Å². The van der Waals surface area contributed by atoms with Crippen LogP contribution >= 0.6 is 0 Å². The number of carbonyl (C=O) groups excluding carboxylic acids is 1. The zero-order valence-corrected chi connectivity index (χ0v) is 14.1. The van der Waals surface area contributed by atoms with E-state index in [4.69, 9.17) is 4.74 Å². The van der Waals surface area contributed by atoms with Crippen LogP contribution in [0.2, 0.25) is 0 Å². The summed E-state index contributed by atoms with van der Waals surface area (Å²) >= 11 is 0. The van der Waals surface area contributed by atoms with Crippen LogP contribution in [0.4, 0.5) is 5.82 Å². The quantitative estimate of drug-likeness (QED) is 0.695. The van der Waals surface area contributed by atoms with E-state index in [1.165, 1.54) is 11.1 Å². The van der Waals surface area contributed by atoms with E-state index in [9.17, 15) is 4.79 Å². The van der Waals surface area contributed by atoms with Crippen LogP contribution in [0.1, 0.15) is 10.5 Å². The first-order chi connectivity index (χ1) is 12.1. The topological polar surface area (TPSA) is 80.2 Å². The Morgan fingerprint density at radius 2 is 2.04 bits per heavy atom. The number of carbonyl (C=O) groups is 1. The summed E-state index contributed by atoms with van der Waals surface area (Å²) in [6.07, 6.45) is 4.77. The molecule has 0 atom stereocenters. The van der Waals surface area contributed by atoms with Crippen molar-refractivity contribution in [2.75, 3.05) is 32.6 Å². The van der Waals surface area contributed by atoms with Crippen molar-refractivity contribution in [2.24, 2.45) is 0 Å².